The van der Waals surface area contributed by atoms with Crippen LogP contribution < -0.4 is 21.9 Å². The van der Waals surface area contributed by atoms with Crippen molar-refractivity contribution in [2.24, 2.45) is 0 Å². The van der Waals surface area contributed by atoms with Crippen LogP contribution in [-0.4, -0.2) is 48.3 Å². The summed E-state index contributed by atoms with van der Waals surface area (Å²) >= 11 is 0. The zero-order chi connectivity index (χ0) is 19.0. The molecule has 3 N–H and O–H groups in total. The lowest BCUT2D eigenvalue weighted by Crippen LogP contribution is -2.42. The number of nitrogens with zero attached hydrogens (tertiary/aromatic N) is 2. The normalized spacial score (nSPS) is 10.5. The maximum Gasteiger partial charge on any atom is 0.332 e. The molecular formula is C15H24N4O6. The maximum absolute atomic E-state index is 12.3. The first-order chi connectivity index (χ1) is 11.9. The summed E-state index contributed by atoms with van der Waals surface area (Å²) in [6.45, 7) is 3.16. The standard InChI is InChI=1S/C15H24N4O6/c1-4-6-7-19-13(16)12(14(22)17-15(19)23)18(5-2)10(20)8-25-11(21)9-24-3/h4-9,16H2,1-3H3,(H,17,22,23). The smallest absolute Gasteiger partial charge is 0.332 e. The summed E-state index contributed by atoms with van der Waals surface area (Å²) in [4.78, 5) is 50.9. The van der Waals surface area contributed by atoms with E-state index in [1.807, 2.05) is 6.92 Å². The summed E-state index contributed by atoms with van der Waals surface area (Å²) in [5.41, 5.74) is 4.43. The number of nitrogen functional groups attached to an aromatic ring is 1. The van der Waals surface area contributed by atoms with Crippen LogP contribution in [0.1, 0.15) is 26.7 Å². The van der Waals surface area contributed by atoms with Crippen molar-refractivity contribution >= 4 is 23.4 Å². The second-order valence-corrected chi connectivity index (χ2v) is 5.23. The number of aromatic amines is 1. The van der Waals surface area contributed by atoms with Crippen LogP contribution in [0.25, 0.3) is 0 Å². The van der Waals surface area contributed by atoms with Gasteiger partial charge in [0, 0.05) is 20.2 Å². The molecule has 25 heavy (non-hydrogen) atoms. The molecule has 0 saturated carbocycles. The van der Waals surface area contributed by atoms with Crippen LogP contribution in [0.15, 0.2) is 9.59 Å². The number of methoxy groups -OCH3 is 1. The molecule has 0 fully saturated rings. The summed E-state index contributed by atoms with van der Waals surface area (Å²) in [6, 6.07) is 0. The van der Waals surface area contributed by atoms with Crippen LogP contribution in [-0.2, 0) is 25.6 Å². The van der Waals surface area contributed by atoms with Crippen LogP contribution in [0, 0.1) is 0 Å². The van der Waals surface area contributed by atoms with Gasteiger partial charge in [0.15, 0.2) is 12.3 Å². The number of hydrogen-bond donors (Lipinski definition) is 2. The molecule has 1 amide bonds. The summed E-state index contributed by atoms with van der Waals surface area (Å²) < 4.78 is 10.6. The number of ether oxygens (including phenoxy) is 2. The Balaban J connectivity index is 3.13. The van der Waals surface area contributed by atoms with E-state index in [-0.39, 0.29) is 24.7 Å². The molecule has 0 aliphatic heterocycles. The number of H-pyrrole nitrogens is 1. The third-order valence-electron chi connectivity index (χ3n) is 3.46. The molecule has 0 atom stereocenters. The molecule has 0 spiro atoms. The number of esters is 1. The Kier molecular flexibility index (Phi) is 7.86. The van der Waals surface area contributed by atoms with Gasteiger partial charge in [-0.1, -0.05) is 13.3 Å². The Bertz CT molecular complexity index is 724. The van der Waals surface area contributed by atoms with Gasteiger partial charge >= 0.3 is 11.7 Å². The highest BCUT2D eigenvalue weighted by Gasteiger charge is 2.23. The number of unbranched alkanes of at least 4 members (excludes halogenated alkanes) is 1. The average molecular weight is 356 g/mol. The predicted molar refractivity (Wildman–Crippen MR) is 91.5 cm³/mol. The molecule has 10 nitrogen and oxygen atoms in total. The molecular weight excluding hydrogens is 332 g/mol. The van der Waals surface area contributed by atoms with Crippen molar-refractivity contribution in [3.8, 4) is 0 Å². The molecule has 1 heterocycles. The van der Waals surface area contributed by atoms with Crippen molar-refractivity contribution in [2.45, 2.75) is 33.2 Å². The molecule has 1 aromatic heterocycles. The maximum atomic E-state index is 12.3. The molecule has 0 aromatic carbocycles. The summed E-state index contributed by atoms with van der Waals surface area (Å²) in [5.74, 6) is -1.44. The topological polar surface area (TPSA) is 137 Å². The van der Waals surface area contributed by atoms with E-state index in [4.69, 9.17) is 10.5 Å². The Morgan fingerprint density at radius 3 is 2.48 bits per heavy atom. The fourth-order valence-electron chi connectivity index (χ4n) is 2.22. The number of rotatable bonds is 9. The Hall–Kier alpha value is -2.62. The van der Waals surface area contributed by atoms with Crippen molar-refractivity contribution in [3.05, 3.63) is 20.8 Å². The van der Waals surface area contributed by atoms with Crippen LogP contribution in [0.3, 0.4) is 0 Å². The molecule has 0 aliphatic rings. The zero-order valence-corrected chi connectivity index (χ0v) is 14.7. The minimum atomic E-state index is -0.770. The third-order valence-corrected chi connectivity index (χ3v) is 3.46. The van der Waals surface area contributed by atoms with Crippen LogP contribution in [0.2, 0.25) is 0 Å². The quantitative estimate of drug-likeness (QED) is 0.567. The van der Waals surface area contributed by atoms with Gasteiger partial charge in [-0.15, -0.1) is 0 Å². The fraction of sp³-hybridized carbons (Fsp3) is 0.600. The first kappa shape index (κ1) is 20.4. The fourth-order valence-corrected chi connectivity index (χ4v) is 2.22. The lowest BCUT2D eigenvalue weighted by Gasteiger charge is -2.23. The zero-order valence-electron chi connectivity index (χ0n) is 14.7. The monoisotopic (exact) mass is 356 g/mol. The van der Waals surface area contributed by atoms with Crippen molar-refractivity contribution in [3.63, 3.8) is 0 Å². The van der Waals surface area contributed by atoms with E-state index in [1.54, 1.807) is 6.92 Å². The lowest BCUT2D eigenvalue weighted by molar-refractivity contribution is -0.151. The van der Waals surface area contributed by atoms with Crippen molar-refractivity contribution in [1.82, 2.24) is 9.55 Å². The van der Waals surface area contributed by atoms with Gasteiger partial charge in [-0.3, -0.25) is 19.1 Å². The molecule has 0 bridgehead atoms. The minimum Gasteiger partial charge on any atom is -0.454 e. The second kappa shape index (κ2) is 9.62. The molecule has 0 radical (unpaired) electrons. The Morgan fingerprint density at radius 2 is 1.92 bits per heavy atom. The van der Waals surface area contributed by atoms with Crippen LogP contribution in [0.4, 0.5) is 11.5 Å². The molecule has 0 saturated heterocycles. The number of aromatic nitrogens is 2. The molecule has 10 heteroatoms. The van der Waals surface area contributed by atoms with E-state index in [0.29, 0.717) is 13.0 Å². The van der Waals surface area contributed by atoms with E-state index in [1.165, 1.54) is 11.7 Å². The second-order valence-electron chi connectivity index (χ2n) is 5.23. The molecule has 0 unspecified atom stereocenters. The van der Waals surface area contributed by atoms with Gasteiger partial charge in [-0.25, -0.2) is 9.59 Å². The first-order valence-corrected chi connectivity index (χ1v) is 7.94. The SMILES string of the molecule is CCCCn1c(N)c(N(CC)C(=O)COC(=O)COC)c(=O)[nH]c1=O. The van der Waals surface area contributed by atoms with Gasteiger partial charge in [0.1, 0.15) is 12.4 Å². The molecule has 1 aromatic rings. The van der Waals surface area contributed by atoms with Gasteiger partial charge < -0.3 is 20.1 Å². The Labute approximate surface area is 144 Å². The Morgan fingerprint density at radius 1 is 1.24 bits per heavy atom. The van der Waals surface area contributed by atoms with Crippen molar-refractivity contribution in [2.75, 3.05) is 37.5 Å². The largest absolute Gasteiger partial charge is 0.454 e. The van der Waals surface area contributed by atoms with Crippen LogP contribution >= 0.6 is 0 Å². The number of nitrogens with two attached hydrogens (primary N) is 1. The third kappa shape index (κ3) is 5.18. The van der Waals surface area contributed by atoms with E-state index >= 15 is 0 Å². The number of carbonyl (C=O) groups is 2. The number of amides is 1. The number of anilines is 2. The van der Waals surface area contributed by atoms with Gasteiger partial charge in [0.2, 0.25) is 0 Å². The van der Waals surface area contributed by atoms with E-state index in [9.17, 15) is 19.2 Å². The molecule has 0 aliphatic carbocycles. The number of nitrogens with one attached hydrogen (secondary N) is 1. The van der Waals surface area contributed by atoms with E-state index < -0.39 is 29.7 Å². The lowest BCUT2D eigenvalue weighted by atomic mass is 10.3. The van der Waals surface area contributed by atoms with Gasteiger partial charge in [-0.2, -0.15) is 0 Å². The minimum absolute atomic E-state index is 0.0966. The first-order valence-electron chi connectivity index (χ1n) is 7.94. The summed E-state index contributed by atoms with van der Waals surface area (Å²) in [6.07, 6.45) is 1.51. The molecule has 140 valence electrons. The van der Waals surface area contributed by atoms with Gasteiger partial charge in [0.05, 0.1) is 0 Å². The number of likely N-dealkylation sites (N-methyl/N-ethyl adjacent to an activating group) is 1. The molecule has 1 rings (SSSR count). The van der Waals surface area contributed by atoms with Crippen molar-refractivity contribution < 1.29 is 19.1 Å². The number of hydrogen-bond acceptors (Lipinski definition) is 7. The highest BCUT2D eigenvalue weighted by Crippen LogP contribution is 2.17. The van der Waals surface area contributed by atoms with Crippen molar-refractivity contribution in [1.29, 1.82) is 0 Å². The highest BCUT2D eigenvalue weighted by molar-refractivity contribution is 5.97. The summed E-state index contributed by atoms with van der Waals surface area (Å²) in [7, 11) is 1.32. The van der Waals surface area contributed by atoms with Gasteiger partial charge in [-0.05, 0) is 13.3 Å². The van der Waals surface area contributed by atoms with E-state index in [2.05, 4.69) is 9.72 Å². The highest BCUT2D eigenvalue weighted by atomic mass is 16.6. The summed E-state index contributed by atoms with van der Waals surface area (Å²) in [5, 5.41) is 0. The predicted octanol–water partition coefficient (Wildman–Crippen LogP) is -0.539. The van der Waals surface area contributed by atoms with E-state index in [0.717, 1.165) is 11.3 Å². The number of carbonyl (C=O) groups excluding carboxylic acids is 2. The average Bonchev–Trinajstić information content (AvgIpc) is 2.56. The van der Waals surface area contributed by atoms with Gasteiger partial charge in [0.25, 0.3) is 11.5 Å². The van der Waals surface area contributed by atoms with Crippen LogP contribution in [0.5, 0.6) is 0 Å².